The summed E-state index contributed by atoms with van der Waals surface area (Å²) < 4.78 is 10.6. The van der Waals surface area contributed by atoms with Gasteiger partial charge in [0.05, 0.1) is 37.0 Å². The molecule has 2 aromatic carbocycles. The summed E-state index contributed by atoms with van der Waals surface area (Å²) in [5.74, 6) is -0.976. The summed E-state index contributed by atoms with van der Waals surface area (Å²) in [5.41, 5.74) is 5.63. The summed E-state index contributed by atoms with van der Waals surface area (Å²) in [4.78, 5) is 42.3. The van der Waals surface area contributed by atoms with E-state index in [0.29, 0.717) is 22.2 Å². The molecule has 0 saturated heterocycles. The summed E-state index contributed by atoms with van der Waals surface area (Å²) in [6.45, 7) is -0.343. The van der Waals surface area contributed by atoms with Crippen molar-refractivity contribution in [2.24, 2.45) is 5.73 Å². The molecule has 3 amide bonds. The molecule has 9 nitrogen and oxygen atoms in total. The maximum Gasteiger partial charge on any atom is 0.271 e. The number of hydrogen-bond donors (Lipinski definition) is 2. The van der Waals surface area contributed by atoms with Crippen molar-refractivity contribution in [3.63, 3.8) is 0 Å². The Morgan fingerprint density at radius 1 is 1.09 bits per heavy atom. The molecule has 0 atom stereocenters. The first kappa shape index (κ1) is 24.3. The fraction of sp³-hybridized carbons (Fsp3) is 0.143. The molecule has 0 bridgehead atoms. The van der Waals surface area contributed by atoms with Gasteiger partial charge in [0.2, 0.25) is 5.91 Å². The molecule has 3 rings (SSSR count). The van der Waals surface area contributed by atoms with E-state index in [2.05, 4.69) is 10.3 Å². The Balaban J connectivity index is 2.07. The Kier molecular flexibility index (Phi) is 7.75. The zero-order chi connectivity index (χ0) is 24.1. The highest BCUT2D eigenvalue weighted by Crippen LogP contribution is 2.37. The first-order valence-corrected chi connectivity index (χ1v) is 10.9. The van der Waals surface area contributed by atoms with Gasteiger partial charge in [0.15, 0.2) is 16.6 Å². The Morgan fingerprint density at radius 2 is 1.82 bits per heavy atom. The Bertz CT molecular complexity index is 1220. The van der Waals surface area contributed by atoms with Crippen LogP contribution in [0.2, 0.25) is 10.0 Å². The largest absolute Gasteiger partial charge is 0.493 e. The van der Waals surface area contributed by atoms with Gasteiger partial charge in [-0.2, -0.15) is 0 Å². The fourth-order valence-electron chi connectivity index (χ4n) is 2.79. The number of carbonyl (C=O) groups is 3. The van der Waals surface area contributed by atoms with Crippen molar-refractivity contribution in [1.29, 1.82) is 0 Å². The highest BCUT2D eigenvalue weighted by Gasteiger charge is 2.27. The topological polar surface area (TPSA) is 124 Å². The molecule has 0 radical (unpaired) electrons. The van der Waals surface area contributed by atoms with Crippen LogP contribution in [0.3, 0.4) is 0 Å². The third-order valence-electron chi connectivity index (χ3n) is 4.33. The van der Waals surface area contributed by atoms with Crippen molar-refractivity contribution in [3.8, 4) is 11.5 Å². The van der Waals surface area contributed by atoms with Crippen molar-refractivity contribution >= 4 is 63.1 Å². The van der Waals surface area contributed by atoms with Crippen molar-refractivity contribution < 1.29 is 23.9 Å². The Labute approximate surface area is 203 Å². The van der Waals surface area contributed by atoms with E-state index in [4.69, 9.17) is 38.4 Å². The number of ether oxygens (including phenoxy) is 2. The van der Waals surface area contributed by atoms with E-state index in [9.17, 15) is 14.4 Å². The minimum absolute atomic E-state index is 0.0109. The van der Waals surface area contributed by atoms with E-state index in [1.807, 2.05) is 0 Å². The molecule has 0 fully saturated rings. The number of aromatic nitrogens is 1. The minimum atomic E-state index is -0.696. The van der Waals surface area contributed by atoms with Crippen molar-refractivity contribution in [2.45, 2.75) is 0 Å². The number of amides is 3. The highest BCUT2D eigenvalue weighted by molar-refractivity contribution is 7.14. The van der Waals surface area contributed by atoms with Crippen molar-refractivity contribution in [2.75, 3.05) is 25.7 Å². The molecule has 0 spiro atoms. The van der Waals surface area contributed by atoms with Gasteiger partial charge >= 0.3 is 0 Å². The van der Waals surface area contributed by atoms with Crippen LogP contribution in [0.1, 0.15) is 20.8 Å². The van der Waals surface area contributed by atoms with E-state index >= 15 is 0 Å². The van der Waals surface area contributed by atoms with Crippen LogP contribution in [0.5, 0.6) is 11.5 Å². The lowest BCUT2D eigenvalue weighted by molar-refractivity contribution is -0.117. The summed E-state index contributed by atoms with van der Waals surface area (Å²) in [7, 11) is 2.96. The molecule has 12 heteroatoms. The number of carbonyl (C=O) groups excluding carboxylic acids is 3. The standard InChI is InChI=1S/C21H18Cl2N4O5S/c1-31-16-6-4-12(8-17(16)32-2)27(20(30)13-5-3-11(22)7-14(13)23)21-26-15(10-33-21)19(29)25-9-18(24)28/h3-8,10H,9H2,1-2H3,(H2,24,28)(H,25,29). The number of primary amides is 1. The Hall–Kier alpha value is -3.34. The number of methoxy groups -OCH3 is 2. The zero-order valence-corrected chi connectivity index (χ0v) is 19.8. The second-order valence-corrected chi connectivity index (χ2v) is 8.15. The van der Waals surface area contributed by atoms with Crippen LogP contribution in [0.15, 0.2) is 41.8 Å². The predicted octanol–water partition coefficient (Wildman–Crippen LogP) is 3.66. The second-order valence-electron chi connectivity index (χ2n) is 6.47. The lowest BCUT2D eigenvalue weighted by atomic mass is 10.1. The van der Waals surface area contributed by atoms with E-state index in [1.54, 1.807) is 18.2 Å². The van der Waals surface area contributed by atoms with Gasteiger partial charge in [0, 0.05) is 16.5 Å². The van der Waals surface area contributed by atoms with Crippen LogP contribution in [-0.2, 0) is 4.79 Å². The normalized spacial score (nSPS) is 10.4. The summed E-state index contributed by atoms with van der Waals surface area (Å²) >= 11 is 13.3. The number of nitrogens with one attached hydrogen (secondary N) is 1. The smallest absolute Gasteiger partial charge is 0.271 e. The zero-order valence-electron chi connectivity index (χ0n) is 17.4. The quantitative estimate of drug-likeness (QED) is 0.478. The number of halogens is 2. The van der Waals surface area contributed by atoms with Crippen LogP contribution < -0.4 is 25.4 Å². The number of thiazole rings is 1. The number of rotatable bonds is 8. The van der Waals surface area contributed by atoms with Crippen molar-refractivity contribution in [1.82, 2.24) is 10.3 Å². The number of nitrogens with two attached hydrogens (primary N) is 1. The summed E-state index contributed by atoms with van der Waals surface area (Å²) in [6, 6.07) is 9.35. The maximum atomic E-state index is 13.6. The van der Waals surface area contributed by atoms with Crippen molar-refractivity contribution in [3.05, 3.63) is 63.1 Å². The van der Waals surface area contributed by atoms with Gasteiger partial charge in [0.1, 0.15) is 5.69 Å². The van der Waals surface area contributed by atoms with Gasteiger partial charge < -0.3 is 20.5 Å². The molecule has 3 N–H and O–H groups in total. The molecule has 0 aliphatic carbocycles. The predicted molar refractivity (Wildman–Crippen MR) is 126 cm³/mol. The molecule has 0 unspecified atom stereocenters. The van der Waals surface area contributed by atoms with E-state index in [0.717, 1.165) is 11.3 Å². The average molecular weight is 509 g/mol. The number of benzene rings is 2. The average Bonchev–Trinajstić information content (AvgIpc) is 3.27. The fourth-order valence-corrected chi connectivity index (χ4v) is 4.10. The SMILES string of the molecule is COc1ccc(N(C(=O)c2ccc(Cl)cc2Cl)c2nc(C(=O)NCC(N)=O)cs2)cc1OC. The summed E-state index contributed by atoms with van der Waals surface area (Å²) in [5, 5.41) is 4.51. The molecule has 0 saturated carbocycles. The summed E-state index contributed by atoms with van der Waals surface area (Å²) in [6.07, 6.45) is 0. The van der Waals surface area contributed by atoms with Gasteiger partial charge in [-0.25, -0.2) is 4.98 Å². The third-order valence-corrected chi connectivity index (χ3v) is 5.70. The molecule has 1 heterocycles. The highest BCUT2D eigenvalue weighted by atomic mass is 35.5. The first-order valence-electron chi connectivity index (χ1n) is 9.28. The van der Waals surface area contributed by atoms with Crippen LogP contribution in [0.25, 0.3) is 0 Å². The van der Waals surface area contributed by atoms with E-state index in [-0.39, 0.29) is 28.0 Å². The third kappa shape index (κ3) is 5.54. The Morgan fingerprint density at radius 3 is 2.45 bits per heavy atom. The van der Waals surface area contributed by atoms with Gasteiger partial charge in [0.25, 0.3) is 11.8 Å². The molecular weight excluding hydrogens is 491 g/mol. The van der Waals surface area contributed by atoms with Gasteiger partial charge in [-0.3, -0.25) is 19.3 Å². The molecular formula is C21H18Cl2N4O5S. The van der Waals surface area contributed by atoms with Gasteiger partial charge in [-0.05, 0) is 30.3 Å². The van der Waals surface area contributed by atoms with Crippen LogP contribution in [-0.4, -0.2) is 43.5 Å². The first-order chi connectivity index (χ1) is 15.7. The lowest BCUT2D eigenvalue weighted by Gasteiger charge is -2.22. The lowest BCUT2D eigenvalue weighted by Crippen LogP contribution is -2.33. The van der Waals surface area contributed by atoms with Gasteiger partial charge in [-0.1, -0.05) is 23.2 Å². The van der Waals surface area contributed by atoms with Crippen LogP contribution in [0, 0.1) is 0 Å². The van der Waals surface area contributed by atoms with Crippen LogP contribution >= 0.6 is 34.5 Å². The van der Waals surface area contributed by atoms with Gasteiger partial charge in [-0.15, -0.1) is 11.3 Å². The molecule has 172 valence electrons. The minimum Gasteiger partial charge on any atom is -0.493 e. The number of anilines is 2. The number of hydrogen-bond acceptors (Lipinski definition) is 7. The molecule has 33 heavy (non-hydrogen) atoms. The number of nitrogens with zero attached hydrogens (tertiary/aromatic N) is 2. The maximum absolute atomic E-state index is 13.6. The van der Waals surface area contributed by atoms with E-state index < -0.39 is 17.7 Å². The molecule has 0 aliphatic rings. The molecule has 0 aliphatic heterocycles. The van der Waals surface area contributed by atoms with E-state index in [1.165, 1.54) is 42.7 Å². The monoisotopic (exact) mass is 508 g/mol. The molecule has 3 aromatic rings. The molecule has 1 aromatic heterocycles. The van der Waals surface area contributed by atoms with Crippen LogP contribution in [0.4, 0.5) is 10.8 Å². The second kappa shape index (κ2) is 10.5.